The number of rotatable bonds is 8. The molecule has 2 atom stereocenters. The summed E-state index contributed by atoms with van der Waals surface area (Å²) in [7, 11) is 0. The van der Waals surface area contributed by atoms with E-state index >= 15 is 4.39 Å². The van der Waals surface area contributed by atoms with Gasteiger partial charge in [-0.25, -0.2) is 9.18 Å². The second kappa shape index (κ2) is 10.3. The molecule has 3 N–H and O–H groups in total. The number of carbonyl (C=O) groups excluding carboxylic acids is 2. The van der Waals surface area contributed by atoms with Gasteiger partial charge in [-0.1, -0.05) is 66.7 Å². The highest BCUT2D eigenvalue weighted by molar-refractivity contribution is 5.95. The zero-order valence-electron chi connectivity index (χ0n) is 20.3. The van der Waals surface area contributed by atoms with Crippen LogP contribution in [0.25, 0.3) is 10.9 Å². The Bertz CT molecular complexity index is 1490. The van der Waals surface area contributed by atoms with E-state index in [4.69, 9.17) is 4.74 Å². The van der Waals surface area contributed by atoms with E-state index in [1.54, 1.807) is 18.2 Å². The molecule has 37 heavy (non-hydrogen) atoms. The number of carbonyl (C=O) groups is 2. The minimum absolute atomic E-state index is 0.0124. The van der Waals surface area contributed by atoms with Gasteiger partial charge in [-0.15, -0.1) is 0 Å². The Kier molecular flexibility index (Phi) is 6.77. The molecule has 188 valence electrons. The summed E-state index contributed by atoms with van der Waals surface area (Å²) in [4.78, 5) is 28.2. The Balaban J connectivity index is 1.66. The molecule has 4 aromatic rings. The highest BCUT2D eigenvalue weighted by Gasteiger charge is 2.42. The number of nitrogens with one attached hydrogen (secondary N) is 2. The first-order chi connectivity index (χ1) is 17.9. The Labute approximate surface area is 213 Å². The average molecular weight is 499 g/mol. The molecule has 1 aliphatic heterocycles. The van der Waals surface area contributed by atoms with Gasteiger partial charge in [0.25, 0.3) is 0 Å². The Morgan fingerprint density at radius 2 is 1.76 bits per heavy atom. The van der Waals surface area contributed by atoms with Gasteiger partial charge < -0.3 is 20.1 Å². The van der Waals surface area contributed by atoms with Gasteiger partial charge in [0.15, 0.2) is 6.10 Å². The van der Waals surface area contributed by atoms with Gasteiger partial charge in [0, 0.05) is 42.0 Å². The number of benzene rings is 3. The first-order valence-electron chi connectivity index (χ1n) is 12.2. The van der Waals surface area contributed by atoms with E-state index in [0.717, 1.165) is 22.0 Å². The summed E-state index contributed by atoms with van der Waals surface area (Å²) in [5, 5.41) is 15.0. The maximum absolute atomic E-state index is 15.3. The lowest BCUT2D eigenvalue weighted by Gasteiger charge is -2.19. The molecule has 0 radical (unpaired) electrons. The summed E-state index contributed by atoms with van der Waals surface area (Å²) in [5.41, 5.74) is 3.38. The normalized spacial score (nSPS) is 16.2. The average Bonchev–Trinajstić information content (AvgIpc) is 3.38. The maximum atomic E-state index is 15.3. The summed E-state index contributed by atoms with van der Waals surface area (Å²) in [6.45, 7) is 1.81. The van der Waals surface area contributed by atoms with Crippen LogP contribution in [0.1, 0.15) is 35.2 Å². The van der Waals surface area contributed by atoms with Crippen molar-refractivity contribution < 1.29 is 23.8 Å². The molecule has 5 rings (SSSR count). The summed E-state index contributed by atoms with van der Waals surface area (Å²) >= 11 is 0. The van der Waals surface area contributed by atoms with Gasteiger partial charge in [0.1, 0.15) is 11.6 Å². The molecule has 7 heteroatoms. The maximum Gasteiger partial charge on any atom is 0.339 e. The minimum Gasteiger partial charge on any atom is -0.508 e. The number of fused-ring (bicyclic) bond motifs is 1. The van der Waals surface area contributed by atoms with Crippen LogP contribution in [-0.2, 0) is 27.2 Å². The van der Waals surface area contributed by atoms with Gasteiger partial charge in [0.2, 0.25) is 5.91 Å². The number of aliphatic hydroxyl groups excluding tert-OH is 1. The lowest BCUT2D eigenvalue weighted by molar-refractivity contribution is -0.140. The van der Waals surface area contributed by atoms with Crippen LogP contribution in [0, 0.1) is 5.82 Å². The summed E-state index contributed by atoms with van der Waals surface area (Å²) in [6.07, 6.45) is -0.125. The van der Waals surface area contributed by atoms with Crippen molar-refractivity contribution in [2.75, 3.05) is 6.54 Å². The predicted molar refractivity (Wildman–Crippen MR) is 139 cm³/mol. The van der Waals surface area contributed by atoms with Crippen LogP contribution in [0.3, 0.4) is 0 Å². The topological polar surface area (TPSA) is 91.4 Å². The molecule has 1 aliphatic rings. The van der Waals surface area contributed by atoms with Gasteiger partial charge in [-0.3, -0.25) is 4.79 Å². The number of aromatic nitrogens is 1. The van der Waals surface area contributed by atoms with Crippen molar-refractivity contribution in [2.24, 2.45) is 0 Å². The molecule has 3 aromatic carbocycles. The SMILES string of the molecule is CC(=O)NCCc1c(C(C2=C(O)C(Cc3ccccc3)OC2=O)c2ccccc2F)[nH]c2ccccc12. The molecule has 2 heterocycles. The molecular weight excluding hydrogens is 471 g/mol. The lowest BCUT2D eigenvalue weighted by Crippen LogP contribution is -2.23. The molecule has 0 bridgehead atoms. The zero-order valence-corrected chi connectivity index (χ0v) is 20.3. The fourth-order valence-electron chi connectivity index (χ4n) is 5.02. The van der Waals surface area contributed by atoms with Crippen molar-refractivity contribution in [2.45, 2.75) is 31.8 Å². The Morgan fingerprint density at radius 3 is 2.51 bits per heavy atom. The lowest BCUT2D eigenvalue weighted by atomic mass is 9.84. The van der Waals surface area contributed by atoms with Gasteiger partial charge in [-0.2, -0.15) is 0 Å². The largest absolute Gasteiger partial charge is 0.508 e. The van der Waals surface area contributed by atoms with Gasteiger partial charge in [-0.05, 0) is 29.7 Å². The Hall–Kier alpha value is -4.39. The van der Waals surface area contributed by atoms with Gasteiger partial charge >= 0.3 is 5.97 Å². The van der Waals surface area contributed by atoms with Crippen LogP contribution in [0.15, 0.2) is 90.2 Å². The van der Waals surface area contributed by atoms with Crippen molar-refractivity contribution in [3.05, 3.63) is 118 Å². The van der Waals surface area contributed by atoms with Crippen molar-refractivity contribution in [1.82, 2.24) is 10.3 Å². The predicted octanol–water partition coefficient (Wildman–Crippen LogP) is 5.10. The molecule has 1 amide bonds. The van der Waals surface area contributed by atoms with Crippen molar-refractivity contribution in [1.29, 1.82) is 0 Å². The van der Waals surface area contributed by atoms with Crippen LogP contribution >= 0.6 is 0 Å². The van der Waals surface area contributed by atoms with Crippen LogP contribution in [-0.4, -0.2) is 34.6 Å². The van der Waals surface area contributed by atoms with Crippen LogP contribution in [0.4, 0.5) is 4.39 Å². The number of aliphatic hydroxyl groups is 1. The molecule has 6 nitrogen and oxygen atoms in total. The third-order valence-electron chi connectivity index (χ3n) is 6.70. The van der Waals surface area contributed by atoms with Crippen LogP contribution in [0.5, 0.6) is 0 Å². The van der Waals surface area contributed by atoms with Crippen LogP contribution < -0.4 is 5.32 Å². The molecule has 0 fully saturated rings. The van der Waals surface area contributed by atoms with Crippen molar-refractivity contribution in [3.8, 4) is 0 Å². The van der Waals surface area contributed by atoms with Crippen molar-refractivity contribution in [3.63, 3.8) is 0 Å². The summed E-state index contributed by atoms with van der Waals surface area (Å²) in [6, 6.07) is 23.3. The number of esters is 1. The number of halogens is 1. The zero-order chi connectivity index (χ0) is 25.9. The molecule has 0 aliphatic carbocycles. The third kappa shape index (κ3) is 4.85. The third-order valence-corrected chi connectivity index (χ3v) is 6.70. The monoisotopic (exact) mass is 498 g/mol. The summed E-state index contributed by atoms with van der Waals surface area (Å²) in [5.74, 6) is -2.48. The fraction of sp³-hybridized carbons (Fsp3) is 0.200. The number of H-pyrrole nitrogens is 1. The first kappa shape index (κ1) is 24.3. The second-order valence-electron chi connectivity index (χ2n) is 9.13. The number of hydrogen-bond donors (Lipinski definition) is 3. The number of aromatic amines is 1. The smallest absolute Gasteiger partial charge is 0.339 e. The number of cyclic esters (lactones) is 1. The highest BCUT2D eigenvalue weighted by Crippen LogP contribution is 2.42. The van der Waals surface area contributed by atoms with E-state index in [2.05, 4.69) is 10.3 Å². The van der Waals surface area contributed by atoms with Crippen LogP contribution in [0.2, 0.25) is 0 Å². The van der Waals surface area contributed by atoms with E-state index < -0.39 is 23.8 Å². The van der Waals surface area contributed by atoms with Gasteiger partial charge in [0.05, 0.1) is 11.5 Å². The second-order valence-corrected chi connectivity index (χ2v) is 9.13. The molecule has 0 saturated heterocycles. The number of amides is 1. The standard InChI is InChI=1S/C30H27FN2O4/c1-18(34)32-16-15-21-20-11-6-8-14-24(20)33-28(21)26(22-12-5-7-13-23(22)31)27-29(35)25(37-30(27)36)17-19-9-3-2-4-10-19/h2-14,25-26,33,35H,15-17H2,1H3,(H,32,34). The number of hydrogen-bond acceptors (Lipinski definition) is 4. The van der Waals surface area contributed by atoms with E-state index in [1.807, 2.05) is 54.6 Å². The number of ether oxygens (including phenoxy) is 1. The molecule has 0 saturated carbocycles. The van der Waals surface area contributed by atoms with E-state index in [0.29, 0.717) is 25.1 Å². The van der Waals surface area contributed by atoms with E-state index in [-0.39, 0.29) is 22.8 Å². The van der Waals surface area contributed by atoms with E-state index in [9.17, 15) is 14.7 Å². The molecule has 2 unspecified atom stereocenters. The van der Waals surface area contributed by atoms with Crippen molar-refractivity contribution >= 4 is 22.8 Å². The summed E-state index contributed by atoms with van der Waals surface area (Å²) < 4.78 is 20.9. The van der Waals surface area contributed by atoms with E-state index in [1.165, 1.54) is 13.0 Å². The fourth-order valence-corrected chi connectivity index (χ4v) is 5.02. The minimum atomic E-state index is -0.936. The molecular formula is C30H27FN2O4. The molecule has 0 spiro atoms. The highest BCUT2D eigenvalue weighted by atomic mass is 19.1. The first-order valence-corrected chi connectivity index (χ1v) is 12.2. The Morgan fingerprint density at radius 1 is 1.05 bits per heavy atom. The molecule has 1 aromatic heterocycles. The number of para-hydroxylation sites is 1. The quantitative estimate of drug-likeness (QED) is 0.295.